The Balaban J connectivity index is 2.24. The number of fused-ring (bicyclic) bond motifs is 1. The van der Waals surface area contributed by atoms with E-state index in [2.05, 4.69) is 36.2 Å². The fourth-order valence-corrected chi connectivity index (χ4v) is 2.45. The lowest BCUT2D eigenvalue weighted by Gasteiger charge is -2.18. The number of hydrogen-bond acceptors (Lipinski definition) is 6. The van der Waals surface area contributed by atoms with Gasteiger partial charge in [0.2, 0.25) is 0 Å². The lowest BCUT2D eigenvalue weighted by Crippen LogP contribution is -2.27. The third-order valence-electron chi connectivity index (χ3n) is 2.91. The zero-order valence-corrected chi connectivity index (χ0v) is 14.4. The summed E-state index contributed by atoms with van der Waals surface area (Å²) in [5.74, 6) is 1.12. The predicted molar refractivity (Wildman–Crippen MR) is 88.1 cm³/mol. The number of rotatable bonds is 7. The number of aryl methyl sites for hydroxylation is 1. The summed E-state index contributed by atoms with van der Waals surface area (Å²) in [7, 11) is 0. The number of halogens is 1. The van der Waals surface area contributed by atoms with E-state index in [1.807, 2.05) is 13.8 Å². The third kappa shape index (κ3) is 4.02. The highest BCUT2D eigenvalue weighted by Crippen LogP contribution is 2.23. The number of aromatic amines is 1. The number of ether oxygens (including phenoxy) is 2. The molecule has 0 saturated carbocycles. The van der Waals surface area contributed by atoms with Crippen LogP contribution in [0.25, 0.3) is 11.0 Å². The van der Waals surface area contributed by atoms with Crippen LogP contribution in [0, 0.1) is 6.92 Å². The summed E-state index contributed by atoms with van der Waals surface area (Å²) in [5.41, 5.74) is 0.195. The van der Waals surface area contributed by atoms with Crippen molar-refractivity contribution in [2.45, 2.75) is 27.1 Å². The molecule has 0 atom stereocenters. The predicted octanol–water partition coefficient (Wildman–Crippen LogP) is 2.20. The van der Waals surface area contributed by atoms with Crippen molar-refractivity contribution in [1.82, 2.24) is 15.0 Å². The zero-order chi connectivity index (χ0) is 16.1. The van der Waals surface area contributed by atoms with Crippen LogP contribution in [0.2, 0.25) is 0 Å². The minimum Gasteiger partial charge on any atom is -0.364 e. The van der Waals surface area contributed by atoms with Gasteiger partial charge in [0.25, 0.3) is 5.56 Å². The molecule has 7 nitrogen and oxygen atoms in total. The zero-order valence-electron chi connectivity index (χ0n) is 12.8. The molecule has 22 heavy (non-hydrogen) atoms. The summed E-state index contributed by atoms with van der Waals surface area (Å²) in [5, 5.41) is 3.59. The van der Waals surface area contributed by atoms with Crippen molar-refractivity contribution in [1.29, 1.82) is 0 Å². The molecule has 0 saturated heterocycles. The second kappa shape index (κ2) is 7.66. The van der Waals surface area contributed by atoms with Crippen molar-refractivity contribution < 1.29 is 9.47 Å². The average molecular weight is 371 g/mol. The first-order chi connectivity index (χ1) is 10.5. The van der Waals surface area contributed by atoms with Gasteiger partial charge >= 0.3 is 0 Å². The van der Waals surface area contributed by atoms with Gasteiger partial charge in [-0.3, -0.25) is 4.79 Å². The van der Waals surface area contributed by atoms with E-state index < -0.39 is 0 Å². The lowest BCUT2D eigenvalue weighted by molar-refractivity contribution is -0.126. The summed E-state index contributed by atoms with van der Waals surface area (Å²) < 4.78 is 11.6. The van der Waals surface area contributed by atoms with Crippen molar-refractivity contribution in [2.75, 3.05) is 25.1 Å². The minimum absolute atomic E-state index is 0.205. The second-order valence-corrected chi connectivity index (χ2v) is 5.42. The van der Waals surface area contributed by atoms with E-state index in [9.17, 15) is 4.79 Å². The van der Waals surface area contributed by atoms with E-state index in [0.717, 1.165) is 0 Å². The molecular formula is C14H19BrN4O3. The van der Waals surface area contributed by atoms with Gasteiger partial charge in [0, 0.05) is 13.2 Å². The topological polar surface area (TPSA) is 89.1 Å². The van der Waals surface area contributed by atoms with Gasteiger partial charge in [-0.25, -0.2) is 9.97 Å². The highest BCUT2D eigenvalue weighted by atomic mass is 79.9. The second-order valence-electron chi connectivity index (χ2n) is 4.56. The van der Waals surface area contributed by atoms with E-state index in [1.54, 1.807) is 13.0 Å². The van der Waals surface area contributed by atoms with E-state index in [-0.39, 0.29) is 11.8 Å². The molecule has 2 heterocycles. The Kier molecular flexibility index (Phi) is 5.87. The van der Waals surface area contributed by atoms with Crippen molar-refractivity contribution >= 4 is 32.8 Å². The summed E-state index contributed by atoms with van der Waals surface area (Å²) in [6.07, 6.45) is -0.353. The van der Waals surface area contributed by atoms with Crippen molar-refractivity contribution in [2.24, 2.45) is 0 Å². The molecule has 0 aliphatic heterocycles. The van der Waals surface area contributed by atoms with Gasteiger partial charge < -0.3 is 19.8 Å². The molecule has 0 aliphatic carbocycles. The molecule has 2 aromatic rings. The molecule has 8 heteroatoms. The summed E-state index contributed by atoms with van der Waals surface area (Å²) in [6.45, 7) is 7.12. The first-order valence-corrected chi connectivity index (χ1v) is 7.88. The van der Waals surface area contributed by atoms with Gasteiger partial charge in [0.05, 0.1) is 16.4 Å². The van der Waals surface area contributed by atoms with Crippen LogP contribution in [-0.4, -0.2) is 41.0 Å². The molecule has 0 aromatic carbocycles. The monoisotopic (exact) mass is 370 g/mol. The maximum atomic E-state index is 11.9. The van der Waals surface area contributed by atoms with Gasteiger partial charge in [-0.2, -0.15) is 0 Å². The van der Waals surface area contributed by atoms with E-state index in [0.29, 0.717) is 46.9 Å². The number of nitrogens with one attached hydrogen (secondary N) is 2. The molecule has 120 valence electrons. The van der Waals surface area contributed by atoms with Crippen molar-refractivity contribution in [3.63, 3.8) is 0 Å². The smallest absolute Gasteiger partial charge is 0.260 e. The molecule has 2 N–H and O–H groups in total. The van der Waals surface area contributed by atoms with Crippen LogP contribution in [-0.2, 0) is 9.47 Å². The van der Waals surface area contributed by atoms with Gasteiger partial charge in [-0.1, -0.05) is 0 Å². The third-order valence-corrected chi connectivity index (χ3v) is 3.51. The van der Waals surface area contributed by atoms with Crippen LogP contribution in [0.4, 0.5) is 5.82 Å². The number of anilines is 1. The SMILES string of the molecule is CCOC(CNc1nc2nc(C)[nH]c(=O)c2cc1Br)OCC. The Hall–Kier alpha value is -1.51. The molecule has 0 fully saturated rings. The molecule has 0 radical (unpaired) electrons. The van der Waals surface area contributed by atoms with E-state index in [4.69, 9.17) is 9.47 Å². The molecule has 2 aromatic heterocycles. The van der Waals surface area contributed by atoms with E-state index >= 15 is 0 Å². The average Bonchev–Trinajstić information content (AvgIpc) is 2.46. The first-order valence-electron chi connectivity index (χ1n) is 7.09. The molecule has 0 unspecified atom stereocenters. The minimum atomic E-state index is -0.353. The van der Waals surface area contributed by atoms with Crippen LogP contribution in [0.3, 0.4) is 0 Å². The van der Waals surface area contributed by atoms with Crippen LogP contribution in [0.1, 0.15) is 19.7 Å². The normalized spacial score (nSPS) is 11.3. The van der Waals surface area contributed by atoms with Crippen molar-refractivity contribution in [3.8, 4) is 0 Å². The Morgan fingerprint density at radius 1 is 1.32 bits per heavy atom. The molecule has 2 rings (SSSR count). The van der Waals surface area contributed by atoms with E-state index in [1.165, 1.54) is 0 Å². The van der Waals surface area contributed by atoms with Gasteiger partial charge in [0.15, 0.2) is 11.9 Å². The van der Waals surface area contributed by atoms with Crippen LogP contribution in [0.5, 0.6) is 0 Å². The first kappa shape index (κ1) is 16.9. The largest absolute Gasteiger partial charge is 0.364 e. The molecule has 0 aliphatic rings. The number of hydrogen-bond donors (Lipinski definition) is 2. The number of aromatic nitrogens is 3. The fraction of sp³-hybridized carbons (Fsp3) is 0.500. The summed E-state index contributed by atoms with van der Waals surface area (Å²) in [4.78, 5) is 23.2. The van der Waals surface area contributed by atoms with Crippen LogP contribution in [0.15, 0.2) is 15.3 Å². The maximum Gasteiger partial charge on any atom is 0.260 e. The Morgan fingerprint density at radius 3 is 2.64 bits per heavy atom. The lowest BCUT2D eigenvalue weighted by atomic mass is 10.3. The highest BCUT2D eigenvalue weighted by Gasteiger charge is 2.12. The van der Waals surface area contributed by atoms with Gasteiger partial charge in [-0.05, 0) is 42.8 Å². The van der Waals surface area contributed by atoms with Crippen molar-refractivity contribution in [3.05, 3.63) is 26.7 Å². The molecule has 0 spiro atoms. The quantitative estimate of drug-likeness (QED) is 0.726. The standard InChI is InChI=1S/C14H19BrN4O3/c1-4-21-11(22-5-2)7-16-13-10(15)6-9-12(19-13)17-8(3)18-14(9)20/h6,11H,4-5,7H2,1-3H3,(H2,16,17,18,19,20). The Labute approximate surface area is 136 Å². The molecular weight excluding hydrogens is 352 g/mol. The van der Waals surface area contributed by atoms with Gasteiger partial charge in [0.1, 0.15) is 11.6 Å². The van der Waals surface area contributed by atoms with Crippen LogP contribution >= 0.6 is 15.9 Å². The maximum absolute atomic E-state index is 11.9. The molecule has 0 bridgehead atoms. The summed E-state index contributed by atoms with van der Waals surface area (Å²) in [6, 6.07) is 1.70. The summed E-state index contributed by atoms with van der Waals surface area (Å²) >= 11 is 3.41. The number of pyridine rings is 1. The Bertz CT molecular complexity index is 698. The van der Waals surface area contributed by atoms with Crippen LogP contribution < -0.4 is 10.9 Å². The number of nitrogens with zero attached hydrogens (tertiary/aromatic N) is 2. The van der Waals surface area contributed by atoms with Gasteiger partial charge in [-0.15, -0.1) is 0 Å². The molecule has 0 amide bonds. The number of H-pyrrole nitrogens is 1. The Morgan fingerprint density at radius 2 is 2.00 bits per heavy atom. The highest BCUT2D eigenvalue weighted by molar-refractivity contribution is 9.10. The fourth-order valence-electron chi connectivity index (χ4n) is 1.99.